The van der Waals surface area contributed by atoms with Crippen LogP contribution in [0.3, 0.4) is 0 Å². The molecule has 3 rings (SSSR count). The van der Waals surface area contributed by atoms with Crippen LogP contribution in [0, 0.1) is 17.6 Å². The molecule has 1 heterocycles. The number of carbonyl (C=O) groups is 1. The van der Waals surface area contributed by atoms with E-state index in [9.17, 15) is 13.6 Å². The minimum Gasteiger partial charge on any atom is -0.303 e. The first-order valence-corrected chi connectivity index (χ1v) is 7.82. The molecule has 23 heavy (non-hydrogen) atoms. The summed E-state index contributed by atoms with van der Waals surface area (Å²) in [4.78, 5) is 13.2. The largest absolute Gasteiger partial charge is 0.303 e. The predicted octanol–water partition coefficient (Wildman–Crippen LogP) is 3.77. The molecule has 2 aromatic rings. The summed E-state index contributed by atoms with van der Waals surface area (Å²) in [6, 6.07) is 13.8. The first-order valence-electron chi connectivity index (χ1n) is 7.82. The molecular weight excluding hydrogens is 296 g/mol. The fourth-order valence-corrected chi connectivity index (χ4v) is 3.45. The van der Waals surface area contributed by atoms with Crippen molar-refractivity contribution >= 4 is 6.29 Å². The van der Waals surface area contributed by atoms with Crippen LogP contribution in [0.4, 0.5) is 8.78 Å². The van der Waals surface area contributed by atoms with Gasteiger partial charge in [0.15, 0.2) is 0 Å². The third-order valence-corrected chi connectivity index (χ3v) is 4.53. The molecule has 2 atom stereocenters. The highest BCUT2D eigenvalue weighted by atomic mass is 19.1. The molecule has 2 aromatic carbocycles. The number of likely N-dealkylation sites (tertiary alicyclic amines) is 1. The van der Waals surface area contributed by atoms with Crippen molar-refractivity contribution in [2.24, 2.45) is 5.92 Å². The lowest BCUT2D eigenvalue weighted by atomic mass is 9.87. The van der Waals surface area contributed by atoms with Gasteiger partial charge in [-0.25, -0.2) is 8.78 Å². The van der Waals surface area contributed by atoms with Crippen molar-refractivity contribution in [3.63, 3.8) is 0 Å². The van der Waals surface area contributed by atoms with Gasteiger partial charge < -0.3 is 4.79 Å². The lowest BCUT2D eigenvalue weighted by Gasteiger charge is -2.17. The summed E-state index contributed by atoms with van der Waals surface area (Å²) in [5, 5.41) is 0. The summed E-state index contributed by atoms with van der Waals surface area (Å²) in [7, 11) is 0. The standard InChI is InChI=1S/C19H19F2NO/c20-16-6-7-17(19(21)10-16)18-13-22(12-15(18)8-9-23)11-14-4-2-1-3-5-14/h1-7,9-10,15,18H,8,11-13H2. The van der Waals surface area contributed by atoms with E-state index >= 15 is 0 Å². The zero-order chi connectivity index (χ0) is 16.2. The smallest absolute Gasteiger partial charge is 0.129 e. The van der Waals surface area contributed by atoms with Gasteiger partial charge >= 0.3 is 0 Å². The third kappa shape index (κ3) is 3.64. The van der Waals surface area contributed by atoms with Gasteiger partial charge in [0, 0.05) is 38.0 Å². The molecule has 0 aromatic heterocycles. The molecule has 0 bridgehead atoms. The molecule has 120 valence electrons. The van der Waals surface area contributed by atoms with Crippen LogP contribution in [-0.4, -0.2) is 24.3 Å². The minimum absolute atomic E-state index is 0.0659. The van der Waals surface area contributed by atoms with Crippen LogP contribution in [0.1, 0.15) is 23.5 Å². The van der Waals surface area contributed by atoms with Crippen molar-refractivity contribution in [1.29, 1.82) is 0 Å². The lowest BCUT2D eigenvalue weighted by molar-refractivity contribution is -0.108. The molecule has 0 N–H and O–H groups in total. The molecule has 0 aliphatic carbocycles. The molecule has 0 radical (unpaired) electrons. The topological polar surface area (TPSA) is 20.3 Å². The molecule has 2 nitrogen and oxygen atoms in total. The Morgan fingerprint density at radius 2 is 1.87 bits per heavy atom. The summed E-state index contributed by atoms with van der Waals surface area (Å²) < 4.78 is 27.3. The first-order chi connectivity index (χ1) is 11.2. The van der Waals surface area contributed by atoms with Gasteiger partial charge in [-0.3, -0.25) is 4.90 Å². The quantitative estimate of drug-likeness (QED) is 0.783. The second kappa shape index (κ2) is 7.01. The summed E-state index contributed by atoms with van der Waals surface area (Å²) >= 11 is 0. The van der Waals surface area contributed by atoms with Gasteiger partial charge in [-0.1, -0.05) is 36.4 Å². The number of hydrogen-bond acceptors (Lipinski definition) is 2. The van der Waals surface area contributed by atoms with Crippen LogP contribution in [0.5, 0.6) is 0 Å². The fraction of sp³-hybridized carbons (Fsp3) is 0.316. The Balaban J connectivity index is 1.79. The maximum absolute atomic E-state index is 14.1. The van der Waals surface area contributed by atoms with E-state index in [1.807, 2.05) is 18.2 Å². The molecule has 1 saturated heterocycles. The van der Waals surface area contributed by atoms with Crippen LogP contribution >= 0.6 is 0 Å². The maximum Gasteiger partial charge on any atom is 0.129 e. The van der Waals surface area contributed by atoms with E-state index in [4.69, 9.17) is 0 Å². The molecule has 0 saturated carbocycles. The van der Waals surface area contributed by atoms with E-state index in [1.54, 1.807) is 0 Å². The number of rotatable bonds is 5. The summed E-state index contributed by atoms with van der Waals surface area (Å²) in [6.45, 7) is 2.20. The van der Waals surface area contributed by atoms with E-state index in [1.165, 1.54) is 17.7 Å². The van der Waals surface area contributed by atoms with E-state index in [0.717, 1.165) is 25.4 Å². The first kappa shape index (κ1) is 15.8. The van der Waals surface area contributed by atoms with Crippen LogP contribution in [-0.2, 0) is 11.3 Å². The molecular formula is C19H19F2NO. The molecule has 0 spiro atoms. The minimum atomic E-state index is -0.572. The molecule has 4 heteroatoms. The average Bonchev–Trinajstić information content (AvgIpc) is 2.91. The van der Waals surface area contributed by atoms with Crippen LogP contribution < -0.4 is 0 Å². The highest BCUT2D eigenvalue weighted by Crippen LogP contribution is 2.36. The van der Waals surface area contributed by atoms with Gasteiger partial charge in [0.25, 0.3) is 0 Å². The van der Waals surface area contributed by atoms with Crippen molar-refractivity contribution in [3.8, 4) is 0 Å². The monoisotopic (exact) mass is 315 g/mol. The number of carbonyl (C=O) groups excluding carboxylic acids is 1. The van der Waals surface area contributed by atoms with Gasteiger partial charge in [0.2, 0.25) is 0 Å². The Hall–Kier alpha value is -2.07. The summed E-state index contributed by atoms with van der Waals surface area (Å²) in [5.74, 6) is -1.11. The molecule has 0 amide bonds. The summed E-state index contributed by atoms with van der Waals surface area (Å²) in [6.07, 6.45) is 1.29. The van der Waals surface area contributed by atoms with Gasteiger partial charge in [-0.2, -0.15) is 0 Å². The van der Waals surface area contributed by atoms with Gasteiger partial charge in [0.1, 0.15) is 17.9 Å². The number of hydrogen-bond donors (Lipinski definition) is 0. The van der Waals surface area contributed by atoms with E-state index < -0.39 is 11.6 Å². The SMILES string of the molecule is O=CCC1CN(Cc2ccccc2)CC1c1ccc(F)cc1F. The summed E-state index contributed by atoms with van der Waals surface area (Å²) in [5.41, 5.74) is 1.70. The highest BCUT2D eigenvalue weighted by Gasteiger charge is 2.34. The molecule has 1 fully saturated rings. The zero-order valence-electron chi connectivity index (χ0n) is 12.8. The van der Waals surface area contributed by atoms with Crippen molar-refractivity contribution < 1.29 is 13.6 Å². The van der Waals surface area contributed by atoms with E-state index in [0.29, 0.717) is 18.5 Å². The molecule has 1 aliphatic heterocycles. The van der Waals surface area contributed by atoms with Crippen molar-refractivity contribution in [3.05, 3.63) is 71.3 Å². The Morgan fingerprint density at radius 1 is 1.09 bits per heavy atom. The fourth-order valence-electron chi connectivity index (χ4n) is 3.45. The Morgan fingerprint density at radius 3 is 2.57 bits per heavy atom. The normalized spacial score (nSPS) is 21.5. The van der Waals surface area contributed by atoms with Gasteiger partial charge in [0.05, 0.1) is 0 Å². The maximum atomic E-state index is 14.1. The van der Waals surface area contributed by atoms with E-state index in [-0.39, 0.29) is 11.8 Å². The van der Waals surface area contributed by atoms with Crippen molar-refractivity contribution in [1.82, 2.24) is 4.90 Å². The number of benzene rings is 2. The van der Waals surface area contributed by atoms with Crippen molar-refractivity contribution in [2.45, 2.75) is 18.9 Å². The third-order valence-electron chi connectivity index (χ3n) is 4.53. The average molecular weight is 315 g/mol. The second-order valence-corrected chi connectivity index (χ2v) is 6.11. The van der Waals surface area contributed by atoms with E-state index in [2.05, 4.69) is 17.0 Å². The van der Waals surface area contributed by atoms with Crippen molar-refractivity contribution in [2.75, 3.05) is 13.1 Å². The second-order valence-electron chi connectivity index (χ2n) is 6.11. The van der Waals surface area contributed by atoms with Crippen LogP contribution in [0.25, 0.3) is 0 Å². The van der Waals surface area contributed by atoms with Crippen LogP contribution in [0.2, 0.25) is 0 Å². The van der Waals surface area contributed by atoms with Crippen LogP contribution in [0.15, 0.2) is 48.5 Å². The molecule has 2 unspecified atom stereocenters. The number of halogens is 2. The molecule has 1 aliphatic rings. The predicted molar refractivity (Wildman–Crippen MR) is 85.0 cm³/mol. The number of nitrogens with zero attached hydrogens (tertiary/aromatic N) is 1. The Labute approximate surface area is 134 Å². The zero-order valence-corrected chi connectivity index (χ0v) is 12.8. The highest BCUT2D eigenvalue weighted by molar-refractivity contribution is 5.50. The van der Waals surface area contributed by atoms with Gasteiger partial charge in [-0.15, -0.1) is 0 Å². The van der Waals surface area contributed by atoms with Gasteiger partial charge in [-0.05, 0) is 23.1 Å². The lowest BCUT2D eigenvalue weighted by Crippen LogP contribution is -2.20. The number of aldehydes is 1. The Bertz CT molecular complexity index is 674. The Kier molecular flexibility index (Phi) is 4.82.